The van der Waals surface area contributed by atoms with Crippen LogP contribution in [0.15, 0.2) is 53.8 Å². The van der Waals surface area contributed by atoms with E-state index in [2.05, 4.69) is 4.99 Å². The maximum atomic E-state index is 6.28. The van der Waals surface area contributed by atoms with Crippen LogP contribution in [-0.2, 0) is 11.3 Å². The van der Waals surface area contributed by atoms with Crippen LogP contribution < -0.4 is 0 Å². The summed E-state index contributed by atoms with van der Waals surface area (Å²) < 4.78 is 7.69. The number of para-hydroxylation sites is 1. The zero-order valence-electron chi connectivity index (χ0n) is 13.3. The number of rotatable bonds is 2. The first-order valence-electron chi connectivity index (χ1n) is 7.66. The second-order valence-electron chi connectivity index (χ2n) is 5.81. The van der Waals surface area contributed by atoms with Gasteiger partial charge in [0.1, 0.15) is 6.61 Å². The van der Waals surface area contributed by atoms with Gasteiger partial charge in [-0.1, -0.05) is 40.9 Å². The predicted octanol–water partition coefficient (Wildman–Crippen LogP) is 6.35. The molecule has 0 bridgehead atoms. The molecule has 0 radical (unpaired) electrons. The van der Waals surface area contributed by atoms with Gasteiger partial charge in [0.25, 0.3) is 0 Å². The van der Waals surface area contributed by atoms with Gasteiger partial charge < -0.3 is 9.30 Å². The lowest BCUT2D eigenvalue weighted by molar-refractivity contribution is 0.288. The fraction of sp³-hybridized carbons (Fsp3) is 0.105. The van der Waals surface area contributed by atoms with Crippen LogP contribution in [0.4, 0.5) is 5.69 Å². The number of aryl methyl sites for hydroxylation is 1. The molecule has 126 valence electrons. The van der Waals surface area contributed by atoms with Gasteiger partial charge in [0.2, 0.25) is 5.90 Å². The normalized spacial score (nSPS) is 13.2. The van der Waals surface area contributed by atoms with E-state index >= 15 is 0 Å². The summed E-state index contributed by atoms with van der Waals surface area (Å²) in [4.78, 5) is 4.66. The molecule has 0 amide bonds. The van der Waals surface area contributed by atoms with Crippen molar-refractivity contribution in [2.45, 2.75) is 13.5 Å². The van der Waals surface area contributed by atoms with Crippen molar-refractivity contribution in [2.75, 3.05) is 0 Å². The van der Waals surface area contributed by atoms with E-state index in [1.54, 1.807) is 12.1 Å². The molecule has 2 heterocycles. The molecule has 25 heavy (non-hydrogen) atoms. The minimum atomic E-state index is 0.438. The number of hydrogen-bond donors (Lipinski definition) is 0. The van der Waals surface area contributed by atoms with Crippen molar-refractivity contribution in [3.05, 3.63) is 80.6 Å². The first kappa shape index (κ1) is 16.5. The molecule has 0 spiro atoms. The molecule has 1 aliphatic rings. The van der Waals surface area contributed by atoms with Crippen LogP contribution in [0.1, 0.15) is 16.7 Å². The summed E-state index contributed by atoms with van der Waals surface area (Å²) in [5.41, 5.74) is 4.52. The Hall–Kier alpha value is -1.94. The molecule has 0 N–H and O–H groups in total. The lowest BCUT2D eigenvalue weighted by atomic mass is 10.1. The van der Waals surface area contributed by atoms with Gasteiger partial charge >= 0.3 is 0 Å². The molecule has 2 aromatic carbocycles. The second kappa shape index (κ2) is 6.41. The zero-order chi connectivity index (χ0) is 17.6. The molecule has 0 saturated carbocycles. The zero-order valence-corrected chi connectivity index (χ0v) is 15.5. The van der Waals surface area contributed by atoms with Gasteiger partial charge in [-0.3, -0.25) is 0 Å². The Morgan fingerprint density at radius 2 is 1.84 bits per heavy atom. The van der Waals surface area contributed by atoms with Crippen LogP contribution in [0.3, 0.4) is 0 Å². The molecule has 0 atom stereocenters. The van der Waals surface area contributed by atoms with E-state index in [-0.39, 0.29) is 0 Å². The van der Waals surface area contributed by atoms with Crippen molar-refractivity contribution < 1.29 is 4.74 Å². The van der Waals surface area contributed by atoms with Crippen LogP contribution in [-0.4, -0.2) is 10.5 Å². The molecular weight excluding hydrogens is 379 g/mol. The summed E-state index contributed by atoms with van der Waals surface area (Å²) in [6, 6.07) is 11.1. The lowest BCUT2D eigenvalue weighted by Gasteiger charge is -2.18. The standard InChI is InChI=1S/C19H13Cl3N2O/c1-11-7-14(20)8-13-10-25-19(23-17(11)13)12-5-6-24(9-12)18-15(21)3-2-4-16(18)22/h2-9H,10H2,1H3. The Labute approximate surface area is 160 Å². The third-order valence-corrected chi connectivity index (χ3v) is 4.89. The van der Waals surface area contributed by atoms with Gasteiger partial charge in [0.05, 0.1) is 27.0 Å². The average molecular weight is 392 g/mol. The summed E-state index contributed by atoms with van der Waals surface area (Å²) in [5, 5.41) is 1.85. The molecule has 4 rings (SSSR count). The lowest BCUT2D eigenvalue weighted by Crippen LogP contribution is -2.11. The van der Waals surface area contributed by atoms with Crippen LogP contribution in [0.5, 0.6) is 0 Å². The molecule has 1 aromatic heterocycles. The van der Waals surface area contributed by atoms with E-state index in [0.717, 1.165) is 28.1 Å². The van der Waals surface area contributed by atoms with Gasteiger partial charge in [-0.15, -0.1) is 0 Å². The number of aliphatic imine (C=N–C) groups is 1. The van der Waals surface area contributed by atoms with Gasteiger partial charge in [-0.25, -0.2) is 4.99 Å². The van der Waals surface area contributed by atoms with Crippen molar-refractivity contribution in [1.29, 1.82) is 0 Å². The molecule has 0 unspecified atom stereocenters. The van der Waals surface area contributed by atoms with Crippen LogP contribution in [0.25, 0.3) is 5.69 Å². The highest BCUT2D eigenvalue weighted by molar-refractivity contribution is 6.37. The van der Waals surface area contributed by atoms with E-state index in [0.29, 0.717) is 27.6 Å². The van der Waals surface area contributed by atoms with E-state index in [1.165, 1.54) is 0 Å². The average Bonchev–Trinajstić information content (AvgIpc) is 3.04. The first-order chi connectivity index (χ1) is 12.0. The smallest absolute Gasteiger partial charge is 0.223 e. The number of benzene rings is 2. The minimum absolute atomic E-state index is 0.438. The summed E-state index contributed by atoms with van der Waals surface area (Å²) in [7, 11) is 0. The number of aromatic nitrogens is 1. The Morgan fingerprint density at radius 3 is 2.60 bits per heavy atom. The quantitative estimate of drug-likeness (QED) is 0.499. The molecule has 6 heteroatoms. The molecule has 1 aliphatic heterocycles. The Morgan fingerprint density at radius 1 is 1.08 bits per heavy atom. The third-order valence-electron chi connectivity index (χ3n) is 4.06. The summed E-state index contributed by atoms with van der Waals surface area (Å²) in [5.74, 6) is 0.569. The number of nitrogens with zero attached hydrogens (tertiary/aromatic N) is 2. The van der Waals surface area contributed by atoms with Crippen molar-refractivity contribution in [2.24, 2.45) is 4.99 Å². The highest BCUT2D eigenvalue weighted by atomic mass is 35.5. The minimum Gasteiger partial charge on any atom is -0.472 e. The van der Waals surface area contributed by atoms with E-state index < -0.39 is 0 Å². The molecule has 0 saturated heterocycles. The number of halogens is 3. The fourth-order valence-electron chi connectivity index (χ4n) is 2.90. The monoisotopic (exact) mass is 390 g/mol. The highest BCUT2D eigenvalue weighted by Gasteiger charge is 2.19. The van der Waals surface area contributed by atoms with E-state index in [9.17, 15) is 0 Å². The molecule has 3 nitrogen and oxygen atoms in total. The Kier molecular flexibility index (Phi) is 4.24. The number of fused-ring (bicyclic) bond motifs is 1. The molecule has 3 aromatic rings. The topological polar surface area (TPSA) is 26.5 Å². The third kappa shape index (κ3) is 3.04. The molecule has 0 aliphatic carbocycles. The van der Waals surface area contributed by atoms with Crippen molar-refractivity contribution >= 4 is 46.4 Å². The van der Waals surface area contributed by atoms with Crippen molar-refractivity contribution in [3.63, 3.8) is 0 Å². The highest BCUT2D eigenvalue weighted by Crippen LogP contribution is 2.33. The van der Waals surface area contributed by atoms with Gasteiger partial charge in [-0.05, 0) is 42.8 Å². The maximum absolute atomic E-state index is 6.28. The van der Waals surface area contributed by atoms with Gasteiger partial charge in [0, 0.05) is 23.0 Å². The summed E-state index contributed by atoms with van der Waals surface area (Å²) in [6.45, 7) is 2.43. The van der Waals surface area contributed by atoms with Crippen LogP contribution >= 0.6 is 34.8 Å². The van der Waals surface area contributed by atoms with Crippen molar-refractivity contribution in [1.82, 2.24) is 4.57 Å². The van der Waals surface area contributed by atoms with E-state index in [4.69, 9.17) is 39.5 Å². The first-order valence-corrected chi connectivity index (χ1v) is 8.79. The number of ether oxygens (including phenoxy) is 1. The maximum Gasteiger partial charge on any atom is 0.223 e. The molecule has 0 fully saturated rings. The van der Waals surface area contributed by atoms with Crippen LogP contribution in [0.2, 0.25) is 15.1 Å². The number of hydrogen-bond acceptors (Lipinski definition) is 2. The molecular formula is C19H13Cl3N2O. The predicted molar refractivity (Wildman–Crippen MR) is 103 cm³/mol. The summed E-state index contributed by atoms with van der Waals surface area (Å²) >= 11 is 18.7. The van der Waals surface area contributed by atoms with Gasteiger partial charge in [0.15, 0.2) is 0 Å². The largest absolute Gasteiger partial charge is 0.472 e. The fourth-order valence-corrected chi connectivity index (χ4v) is 3.79. The van der Waals surface area contributed by atoms with E-state index in [1.807, 2.05) is 48.1 Å². The Bertz CT molecular complexity index is 988. The second-order valence-corrected chi connectivity index (χ2v) is 7.06. The SMILES string of the molecule is Cc1cc(Cl)cc2c1N=C(c1ccn(-c3c(Cl)cccc3Cl)c1)OC2. The van der Waals surface area contributed by atoms with Crippen molar-refractivity contribution in [3.8, 4) is 5.69 Å². The van der Waals surface area contributed by atoms with Crippen LogP contribution in [0, 0.1) is 6.92 Å². The Balaban J connectivity index is 1.75. The summed E-state index contributed by atoms with van der Waals surface area (Å²) in [6.07, 6.45) is 3.79. The van der Waals surface area contributed by atoms with Gasteiger partial charge in [-0.2, -0.15) is 0 Å².